The Kier molecular flexibility index (Phi) is 5.13. The summed E-state index contributed by atoms with van der Waals surface area (Å²) < 4.78 is 22.2. The molecule has 1 atom stereocenters. The number of rotatable bonds is 6. The van der Waals surface area contributed by atoms with Crippen molar-refractivity contribution < 1.29 is 8.42 Å². The predicted molar refractivity (Wildman–Crippen MR) is 74.1 cm³/mol. The lowest BCUT2D eigenvalue weighted by Gasteiger charge is -2.17. The molecule has 102 valence electrons. The number of primary sulfonamides is 1. The Morgan fingerprint density at radius 2 is 1.83 bits per heavy atom. The molecule has 0 saturated carbocycles. The quantitative estimate of drug-likeness (QED) is 0.812. The van der Waals surface area contributed by atoms with Gasteiger partial charge in [-0.2, -0.15) is 0 Å². The van der Waals surface area contributed by atoms with Gasteiger partial charge < -0.3 is 10.2 Å². The number of hydrogen-bond donors (Lipinski definition) is 2. The smallest absolute Gasteiger partial charge is 0.238 e. The Morgan fingerprint density at radius 1 is 1.28 bits per heavy atom. The molecule has 1 rings (SSSR count). The topological polar surface area (TPSA) is 75.4 Å². The van der Waals surface area contributed by atoms with E-state index in [4.69, 9.17) is 5.14 Å². The van der Waals surface area contributed by atoms with E-state index in [1.54, 1.807) is 12.1 Å². The average Bonchev–Trinajstić information content (AvgIpc) is 2.26. The summed E-state index contributed by atoms with van der Waals surface area (Å²) in [5.74, 6) is 0. The van der Waals surface area contributed by atoms with E-state index in [-0.39, 0.29) is 4.90 Å². The fourth-order valence-electron chi connectivity index (χ4n) is 1.55. The molecule has 1 aromatic carbocycles. The SMILES string of the molecule is CC(CCN(C)C)Nc1ccc(S(N)(=O)=O)cc1. The summed E-state index contributed by atoms with van der Waals surface area (Å²) in [5.41, 5.74) is 0.897. The maximum Gasteiger partial charge on any atom is 0.238 e. The minimum atomic E-state index is -3.60. The minimum Gasteiger partial charge on any atom is -0.383 e. The molecule has 6 heteroatoms. The molecule has 0 fully saturated rings. The van der Waals surface area contributed by atoms with Crippen molar-refractivity contribution in [3.63, 3.8) is 0 Å². The van der Waals surface area contributed by atoms with Crippen molar-refractivity contribution >= 4 is 15.7 Å². The van der Waals surface area contributed by atoms with Gasteiger partial charge in [-0.1, -0.05) is 0 Å². The fraction of sp³-hybridized carbons (Fsp3) is 0.500. The lowest BCUT2D eigenvalue weighted by molar-refractivity contribution is 0.390. The molecule has 0 aliphatic carbocycles. The van der Waals surface area contributed by atoms with Gasteiger partial charge in [0.2, 0.25) is 10.0 Å². The van der Waals surface area contributed by atoms with Gasteiger partial charge in [-0.15, -0.1) is 0 Å². The van der Waals surface area contributed by atoms with Crippen molar-refractivity contribution in [1.82, 2.24) is 4.90 Å². The second kappa shape index (κ2) is 6.17. The van der Waals surface area contributed by atoms with Gasteiger partial charge in [-0.25, -0.2) is 13.6 Å². The van der Waals surface area contributed by atoms with Crippen LogP contribution in [0.5, 0.6) is 0 Å². The molecule has 0 amide bonds. The van der Waals surface area contributed by atoms with E-state index < -0.39 is 10.0 Å². The van der Waals surface area contributed by atoms with Crippen molar-refractivity contribution in [3.05, 3.63) is 24.3 Å². The maximum atomic E-state index is 11.1. The summed E-state index contributed by atoms with van der Waals surface area (Å²) in [7, 11) is 0.467. The van der Waals surface area contributed by atoms with Crippen LogP contribution < -0.4 is 10.5 Å². The molecule has 3 N–H and O–H groups in total. The molecule has 1 unspecified atom stereocenters. The predicted octanol–water partition coefficient (Wildman–Crippen LogP) is 1.09. The second-order valence-electron chi connectivity index (χ2n) is 4.71. The van der Waals surface area contributed by atoms with Gasteiger partial charge in [0.15, 0.2) is 0 Å². The van der Waals surface area contributed by atoms with Crippen LogP contribution in [0, 0.1) is 0 Å². The van der Waals surface area contributed by atoms with Crippen molar-refractivity contribution in [1.29, 1.82) is 0 Å². The van der Waals surface area contributed by atoms with Gasteiger partial charge in [0.1, 0.15) is 0 Å². The van der Waals surface area contributed by atoms with Gasteiger partial charge in [0, 0.05) is 11.7 Å². The van der Waals surface area contributed by atoms with Gasteiger partial charge in [0.05, 0.1) is 4.90 Å². The molecular weight excluding hydrogens is 250 g/mol. The van der Waals surface area contributed by atoms with Crippen LogP contribution in [0.25, 0.3) is 0 Å². The number of nitrogens with zero attached hydrogens (tertiary/aromatic N) is 1. The van der Waals surface area contributed by atoms with Crippen LogP contribution in [0.4, 0.5) is 5.69 Å². The third-order valence-corrected chi connectivity index (χ3v) is 3.53. The van der Waals surface area contributed by atoms with Crippen molar-refractivity contribution in [2.24, 2.45) is 5.14 Å². The third-order valence-electron chi connectivity index (χ3n) is 2.61. The van der Waals surface area contributed by atoms with Gasteiger partial charge in [0.25, 0.3) is 0 Å². The molecule has 0 aliphatic rings. The van der Waals surface area contributed by atoms with E-state index >= 15 is 0 Å². The highest BCUT2D eigenvalue weighted by molar-refractivity contribution is 7.89. The highest BCUT2D eigenvalue weighted by Gasteiger charge is 2.07. The summed E-state index contributed by atoms with van der Waals surface area (Å²) in [5, 5.41) is 8.35. The number of hydrogen-bond acceptors (Lipinski definition) is 4. The van der Waals surface area contributed by atoms with E-state index in [1.165, 1.54) is 12.1 Å². The van der Waals surface area contributed by atoms with Crippen LogP contribution in [0.3, 0.4) is 0 Å². The first-order chi connectivity index (χ1) is 8.29. The van der Waals surface area contributed by atoms with Crippen LogP contribution in [0.1, 0.15) is 13.3 Å². The highest BCUT2D eigenvalue weighted by atomic mass is 32.2. The number of sulfonamides is 1. The van der Waals surface area contributed by atoms with Crippen LogP contribution in [0.15, 0.2) is 29.2 Å². The number of nitrogens with one attached hydrogen (secondary N) is 1. The number of benzene rings is 1. The third kappa shape index (κ3) is 5.03. The molecule has 5 nitrogen and oxygen atoms in total. The first-order valence-corrected chi connectivity index (χ1v) is 7.38. The standard InChI is InChI=1S/C12H21N3O2S/c1-10(8-9-15(2)3)14-11-4-6-12(7-5-11)18(13,16)17/h4-7,10,14H,8-9H2,1-3H3,(H2,13,16,17). The lowest BCUT2D eigenvalue weighted by atomic mass is 10.2. The summed E-state index contributed by atoms with van der Waals surface area (Å²) in [4.78, 5) is 2.26. The van der Waals surface area contributed by atoms with E-state index in [1.807, 2.05) is 14.1 Å². The molecule has 0 aromatic heterocycles. The number of anilines is 1. The highest BCUT2D eigenvalue weighted by Crippen LogP contribution is 2.14. The van der Waals surface area contributed by atoms with Crippen LogP contribution >= 0.6 is 0 Å². The van der Waals surface area contributed by atoms with E-state index in [0.717, 1.165) is 18.7 Å². The Hall–Kier alpha value is -1.11. The normalized spacial score (nSPS) is 13.6. The Morgan fingerprint density at radius 3 is 2.28 bits per heavy atom. The van der Waals surface area contributed by atoms with Crippen LogP contribution in [-0.4, -0.2) is 40.0 Å². The first kappa shape index (κ1) is 14.9. The van der Waals surface area contributed by atoms with Crippen LogP contribution in [0.2, 0.25) is 0 Å². The molecule has 0 aliphatic heterocycles. The Bertz CT molecular complexity index is 469. The zero-order chi connectivity index (χ0) is 13.8. The molecule has 0 heterocycles. The summed E-state index contributed by atoms with van der Waals surface area (Å²) in [6.45, 7) is 3.10. The lowest BCUT2D eigenvalue weighted by Crippen LogP contribution is -2.23. The summed E-state index contributed by atoms with van der Waals surface area (Å²) in [6.07, 6.45) is 1.02. The van der Waals surface area contributed by atoms with E-state index in [2.05, 4.69) is 17.1 Å². The van der Waals surface area contributed by atoms with Gasteiger partial charge in [-0.3, -0.25) is 0 Å². The zero-order valence-electron chi connectivity index (χ0n) is 11.1. The molecule has 0 saturated heterocycles. The number of nitrogens with two attached hydrogens (primary N) is 1. The van der Waals surface area contributed by atoms with Crippen molar-refractivity contribution in [3.8, 4) is 0 Å². The van der Waals surface area contributed by atoms with Crippen molar-refractivity contribution in [2.75, 3.05) is 26.0 Å². The monoisotopic (exact) mass is 271 g/mol. The van der Waals surface area contributed by atoms with Crippen LogP contribution in [-0.2, 0) is 10.0 Å². The summed E-state index contributed by atoms with van der Waals surface area (Å²) >= 11 is 0. The zero-order valence-corrected chi connectivity index (χ0v) is 11.9. The summed E-state index contributed by atoms with van der Waals surface area (Å²) in [6, 6.07) is 6.80. The molecule has 1 aromatic rings. The van der Waals surface area contributed by atoms with Crippen molar-refractivity contribution in [2.45, 2.75) is 24.3 Å². The van der Waals surface area contributed by atoms with E-state index in [0.29, 0.717) is 6.04 Å². The molecular formula is C12H21N3O2S. The largest absolute Gasteiger partial charge is 0.383 e. The molecule has 0 spiro atoms. The average molecular weight is 271 g/mol. The Balaban J connectivity index is 2.59. The maximum absolute atomic E-state index is 11.1. The first-order valence-electron chi connectivity index (χ1n) is 5.83. The molecule has 18 heavy (non-hydrogen) atoms. The van der Waals surface area contributed by atoms with Gasteiger partial charge in [-0.05, 0) is 58.3 Å². The molecule has 0 radical (unpaired) electrons. The fourth-order valence-corrected chi connectivity index (χ4v) is 2.06. The van der Waals surface area contributed by atoms with E-state index in [9.17, 15) is 8.42 Å². The van der Waals surface area contributed by atoms with Gasteiger partial charge >= 0.3 is 0 Å². The molecule has 0 bridgehead atoms. The minimum absolute atomic E-state index is 0.133. The second-order valence-corrected chi connectivity index (χ2v) is 6.27. The Labute approximate surface area is 109 Å².